The lowest BCUT2D eigenvalue weighted by Crippen LogP contribution is -2.50. The number of ketones is 1. The van der Waals surface area contributed by atoms with Crippen molar-refractivity contribution in [2.75, 3.05) is 20.8 Å². The minimum atomic E-state index is -1.11. The second kappa shape index (κ2) is 12.4. The molecule has 234 valence electrons. The first-order valence-electron chi connectivity index (χ1n) is 15.7. The van der Waals surface area contributed by atoms with Gasteiger partial charge in [0.05, 0.1) is 37.6 Å². The number of carbonyl (C=O) groups is 3. The normalized spacial score (nSPS) is 14.9. The van der Waals surface area contributed by atoms with Gasteiger partial charge in [-0.05, 0) is 80.1 Å². The van der Waals surface area contributed by atoms with E-state index in [1.54, 1.807) is 45.2 Å². The predicted molar refractivity (Wildman–Crippen MR) is 173 cm³/mol. The van der Waals surface area contributed by atoms with Crippen molar-refractivity contribution in [3.8, 4) is 22.8 Å². The molecule has 6 rings (SSSR count). The quantitative estimate of drug-likeness (QED) is 0.220. The lowest BCUT2D eigenvalue weighted by atomic mass is 9.81. The van der Waals surface area contributed by atoms with Gasteiger partial charge in [0.1, 0.15) is 18.1 Å². The molecule has 45 heavy (non-hydrogen) atoms. The average Bonchev–Trinajstić information content (AvgIpc) is 3.25. The van der Waals surface area contributed by atoms with Crippen molar-refractivity contribution in [2.24, 2.45) is 0 Å². The molecule has 1 N–H and O–H groups in total. The minimum absolute atomic E-state index is 0.120. The highest BCUT2D eigenvalue weighted by molar-refractivity contribution is 6.03. The van der Waals surface area contributed by atoms with E-state index in [-0.39, 0.29) is 18.1 Å². The molecular formula is C37H40N2O6. The number of benzene rings is 3. The predicted octanol–water partition coefficient (Wildman–Crippen LogP) is 6.86. The molecular weight excluding hydrogens is 568 g/mol. The van der Waals surface area contributed by atoms with Crippen LogP contribution in [-0.4, -0.2) is 48.6 Å². The first kappa shape index (κ1) is 30.4. The number of Topliss-reactive ketones (excluding diaryl/α,β-unsaturated/α-hetero) is 1. The van der Waals surface area contributed by atoms with Crippen molar-refractivity contribution < 1.29 is 28.6 Å². The fourth-order valence-corrected chi connectivity index (χ4v) is 6.74. The largest absolute Gasteiger partial charge is 0.497 e. The lowest BCUT2D eigenvalue weighted by molar-refractivity contribution is -0.123. The van der Waals surface area contributed by atoms with Crippen LogP contribution in [0.4, 0.5) is 0 Å². The van der Waals surface area contributed by atoms with Crippen LogP contribution < -0.4 is 14.8 Å². The van der Waals surface area contributed by atoms with Gasteiger partial charge in [-0.15, -0.1) is 0 Å². The third kappa shape index (κ3) is 5.93. The number of rotatable bonds is 8. The molecule has 3 aromatic carbocycles. The Hall–Kier alpha value is -4.59. The van der Waals surface area contributed by atoms with E-state index < -0.39 is 11.5 Å². The Bertz CT molecular complexity index is 1760. The van der Waals surface area contributed by atoms with Crippen LogP contribution in [0.2, 0.25) is 0 Å². The Morgan fingerprint density at radius 3 is 2.38 bits per heavy atom. The van der Waals surface area contributed by atoms with Gasteiger partial charge in [-0.2, -0.15) is 0 Å². The SMILES string of the molecule is COC(=O)c1ccc(CC(=O)C(C)(C)NC(=O)c2ccc3c(C4CCCCC4)c4n(c3c2)CCOc2cc(OC)ccc2-4)cc1. The van der Waals surface area contributed by atoms with E-state index >= 15 is 0 Å². The van der Waals surface area contributed by atoms with Crippen LogP contribution in [0.5, 0.6) is 11.5 Å². The van der Waals surface area contributed by atoms with Gasteiger partial charge >= 0.3 is 5.97 Å². The Morgan fingerprint density at radius 1 is 0.933 bits per heavy atom. The maximum atomic E-state index is 13.7. The Balaban J connectivity index is 1.31. The zero-order valence-electron chi connectivity index (χ0n) is 26.4. The number of esters is 1. The molecule has 2 aliphatic rings. The highest BCUT2D eigenvalue weighted by atomic mass is 16.5. The van der Waals surface area contributed by atoms with Crippen LogP contribution in [0.3, 0.4) is 0 Å². The number of aromatic nitrogens is 1. The Labute approximate surface area is 263 Å². The molecule has 0 saturated heterocycles. The molecule has 2 heterocycles. The third-order valence-electron chi connectivity index (χ3n) is 9.26. The molecule has 0 unspecified atom stereocenters. The summed E-state index contributed by atoms with van der Waals surface area (Å²) in [5.74, 6) is 1.13. The fraction of sp³-hybridized carbons (Fsp3) is 0.378. The smallest absolute Gasteiger partial charge is 0.337 e. The number of hydrogen-bond donors (Lipinski definition) is 1. The first-order chi connectivity index (χ1) is 21.7. The maximum absolute atomic E-state index is 13.7. The summed E-state index contributed by atoms with van der Waals surface area (Å²) in [4.78, 5) is 38.7. The number of carbonyl (C=O) groups excluding carboxylic acids is 3. The summed E-state index contributed by atoms with van der Waals surface area (Å²) in [6, 6.07) is 18.7. The van der Waals surface area contributed by atoms with E-state index in [2.05, 4.69) is 22.0 Å². The summed E-state index contributed by atoms with van der Waals surface area (Å²) in [6.45, 7) is 4.60. The van der Waals surface area contributed by atoms with Crippen LogP contribution in [0.15, 0.2) is 60.7 Å². The molecule has 8 nitrogen and oxygen atoms in total. The van der Waals surface area contributed by atoms with E-state index in [1.165, 1.54) is 43.0 Å². The molecule has 4 aromatic rings. The van der Waals surface area contributed by atoms with E-state index in [9.17, 15) is 14.4 Å². The summed E-state index contributed by atoms with van der Waals surface area (Å²) in [7, 11) is 2.99. The summed E-state index contributed by atoms with van der Waals surface area (Å²) < 4.78 is 18.8. The first-order valence-corrected chi connectivity index (χ1v) is 15.7. The Kier molecular flexibility index (Phi) is 8.40. The molecule has 1 amide bonds. The molecule has 0 spiro atoms. The second-order valence-corrected chi connectivity index (χ2v) is 12.6. The van der Waals surface area contributed by atoms with Gasteiger partial charge in [-0.25, -0.2) is 4.79 Å². The van der Waals surface area contributed by atoms with Crippen molar-refractivity contribution in [1.82, 2.24) is 9.88 Å². The third-order valence-corrected chi connectivity index (χ3v) is 9.26. The molecule has 0 radical (unpaired) electrons. The number of methoxy groups -OCH3 is 2. The molecule has 0 bridgehead atoms. The number of nitrogens with zero attached hydrogens (tertiary/aromatic N) is 1. The minimum Gasteiger partial charge on any atom is -0.497 e. The molecule has 1 saturated carbocycles. The van der Waals surface area contributed by atoms with E-state index in [0.29, 0.717) is 30.2 Å². The van der Waals surface area contributed by atoms with E-state index in [0.717, 1.165) is 41.0 Å². The van der Waals surface area contributed by atoms with Gasteiger partial charge in [0.15, 0.2) is 5.78 Å². The van der Waals surface area contributed by atoms with Gasteiger partial charge in [0.25, 0.3) is 5.91 Å². The van der Waals surface area contributed by atoms with Gasteiger partial charge in [0.2, 0.25) is 0 Å². The van der Waals surface area contributed by atoms with Gasteiger partial charge in [-0.1, -0.05) is 37.5 Å². The van der Waals surface area contributed by atoms with Crippen LogP contribution in [0.25, 0.3) is 22.2 Å². The second-order valence-electron chi connectivity index (χ2n) is 12.6. The average molecular weight is 609 g/mol. The van der Waals surface area contributed by atoms with E-state index in [1.807, 2.05) is 24.3 Å². The van der Waals surface area contributed by atoms with E-state index in [4.69, 9.17) is 14.2 Å². The summed E-state index contributed by atoms with van der Waals surface area (Å²) in [6.07, 6.45) is 6.09. The number of amides is 1. The summed E-state index contributed by atoms with van der Waals surface area (Å²) in [5.41, 5.74) is 5.11. The fourth-order valence-electron chi connectivity index (χ4n) is 6.74. The number of ether oxygens (including phenoxy) is 3. The molecule has 1 aromatic heterocycles. The molecule has 1 aliphatic heterocycles. The standard InChI is InChI=1S/C37H40N2O6/c1-37(2,32(40)20-23-10-12-25(13-11-23)36(42)44-4)38-35(41)26-14-16-28-30(21-26)39-18-19-45-31-22-27(43-3)15-17-29(31)34(39)33(28)24-8-6-5-7-9-24/h10-17,21-22,24H,5-9,18-20H2,1-4H3,(H,38,41). The molecule has 0 atom stereocenters. The van der Waals surface area contributed by atoms with Crippen LogP contribution in [0.1, 0.15) is 83.7 Å². The van der Waals surface area contributed by atoms with Crippen molar-refractivity contribution in [3.05, 3.63) is 82.9 Å². The zero-order valence-corrected chi connectivity index (χ0v) is 26.4. The molecule has 1 fully saturated rings. The van der Waals surface area contributed by atoms with Gasteiger partial charge in [-0.3, -0.25) is 9.59 Å². The highest BCUT2D eigenvalue weighted by Gasteiger charge is 2.32. The van der Waals surface area contributed by atoms with Crippen LogP contribution in [0, 0.1) is 0 Å². The maximum Gasteiger partial charge on any atom is 0.337 e. The molecule has 1 aliphatic carbocycles. The van der Waals surface area contributed by atoms with Crippen molar-refractivity contribution in [1.29, 1.82) is 0 Å². The molecule has 8 heteroatoms. The van der Waals surface area contributed by atoms with Crippen molar-refractivity contribution >= 4 is 28.6 Å². The monoisotopic (exact) mass is 608 g/mol. The van der Waals surface area contributed by atoms with Crippen LogP contribution >= 0.6 is 0 Å². The van der Waals surface area contributed by atoms with Crippen molar-refractivity contribution in [2.45, 2.75) is 70.4 Å². The van der Waals surface area contributed by atoms with Gasteiger partial charge < -0.3 is 24.1 Å². The lowest BCUT2D eigenvalue weighted by Gasteiger charge is -2.25. The van der Waals surface area contributed by atoms with Crippen molar-refractivity contribution in [3.63, 3.8) is 0 Å². The van der Waals surface area contributed by atoms with Crippen LogP contribution in [-0.2, 0) is 22.5 Å². The summed E-state index contributed by atoms with van der Waals surface area (Å²) in [5, 5.41) is 4.15. The zero-order chi connectivity index (χ0) is 31.7. The Morgan fingerprint density at radius 2 is 1.67 bits per heavy atom. The topological polar surface area (TPSA) is 95.9 Å². The van der Waals surface area contributed by atoms with Gasteiger partial charge in [0, 0.05) is 34.5 Å². The number of hydrogen-bond acceptors (Lipinski definition) is 6. The highest BCUT2D eigenvalue weighted by Crippen LogP contribution is 2.47. The summed E-state index contributed by atoms with van der Waals surface area (Å²) >= 11 is 0. The number of nitrogens with one attached hydrogen (secondary N) is 1. The number of fused-ring (bicyclic) bond motifs is 5.